The molecule has 0 fully saturated rings. The van der Waals surface area contributed by atoms with Crippen molar-refractivity contribution in [2.45, 2.75) is 13.3 Å². The molecular formula is C12H9ClN2O3. The molecule has 2 aromatic rings. The molecule has 1 aliphatic heterocycles. The third-order valence-corrected chi connectivity index (χ3v) is 3.12. The first-order valence-corrected chi connectivity index (χ1v) is 5.75. The Morgan fingerprint density at radius 1 is 1.50 bits per heavy atom. The molecule has 18 heavy (non-hydrogen) atoms. The van der Waals surface area contributed by atoms with Crippen molar-refractivity contribution >= 4 is 40.1 Å². The van der Waals surface area contributed by atoms with E-state index >= 15 is 0 Å². The van der Waals surface area contributed by atoms with Crippen LogP contribution in [0.1, 0.15) is 12.5 Å². The minimum Gasteiger partial charge on any atom is -0.337 e. The molecule has 0 aliphatic carbocycles. The molecule has 0 unspecified atom stereocenters. The van der Waals surface area contributed by atoms with Crippen LogP contribution in [0.5, 0.6) is 0 Å². The number of nitrogens with zero attached hydrogens (tertiary/aromatic N) is 1. The van der Waals surface area contributed by atoms with Gasteiger partial charge in [0.2, 0.25) is 5.91 Å². The molecule has 1 N–H and O–H groups in total. The van der Waals surface area contributed by atoms with Gasteiger partial charge in [0, 0.05) is 18.5 Å². The predicted octanol–water partition coefficient (Wildman–Crippen LogP) is 1.76. The Kier molecular flexibility index (Phi) is 2.31. The van der Waals surface area contributed by atoms with Crippen molar-refractivity contribution in [3.05, 3.63) is 28.9 Å². The Morgan fingerprint density at radius 2 is 2.28 bits per heavy atom. The number of carbonyl (C=O) groups excluding carboxylic acids is 2. The number of nitrogens with one attached hydrogen (secondary N) is 1. The van der Waals surface area contributed by atoms with Gasteiger partial charge in [-0.15, -0.1) is 0 Å². The van der Waals surface area contributed by atoms with Crippen molar-refractivity contribution in [3.63, 3.8) is 0 Å². The lowest BCUT2D eigenvalue weighted by molar-refractivity contribution is -0.140. The smallest absolute Gasteiger partial charge is 0.329 e. The Balaban J connectivity index is 2.30. The molecule has 2 heterocycles. The summed E-state index contributed by atoms with van der Waals surface area (Å²) in [6.45, 7) is 1.32. The van der Waals surface area contributed by atoms with Gasteiger partial charge in [0.05, 0.1) is 22.6 Å². The first-order chi connectivity index (χ1) is 8.56. The molecule has 1 aromatic carbocycles. The first kappa shape index (κ1) is 11.1. The van der Waals surface area contributed by atoms with Crippen molar-refractivity contribution in [2.75, 3.05) is 5.32 Å². The summed E-state index contributed by atoms with van der Waals surface area (Å²) < 4.78 is 1.37. The lowest BCUT2D eigenvalue weighted by atomic mass is 10.0. The maximum absolute atomic E-state index is 11.6. The molecule has 5 nitrogen and oxygen atoms in total. The molecule has 0 radical (unpaired) electrons. The van der Waals surface area contributed by atoms with Crippen LogP contribution < -0.4 is 10.2 Å². The quantitative estimate of drug-likeness (QED) is 0.854. The summed E-state index contributed by atoms with van der Waals surface area (Å²) in [5.74, 6) is -0.550. The van der Waals surface area contributed by atoms with Gasteiger partial charge in [-0.3, -0.25) is 4.79 Å². The van der Waals surface area contributed by atoms with Crippen molar-refractivity contribution < 1.29 is 14.4 Å². The minimum absolute atomic E-state index is 0.127. The first-order valence-electron chi connectivity index (χ1n) is 5.37. The molecular weight excluding hydrogens is 256 g/mol. The van der Waals surface area contributed by atoms with E-state index in [1.54, 1.807) is 18.3 Å². The van der Waals surface area contributed by atoms with Crippen LogP contribution in [0.2, 0.25) is 5.02 Å². The van der Waals surface area contributed by atoms with E-state index in [-0.39, 0.29) is 12.3 Å². The van der Waals surface area contributed by atoms with Crippen LogP contribution in [0.25, 0.3) is 10.9 Å². The topological polar surface area (TPSA) is 60.3 Å². The SMILES string of the molecule is CC(=O)On1cc2c3c(c(Cl)ccc31)NC(=O)C2. The number of benzene rings is 1. The number of carbonyl (C=O) groups is 2. The minimum atomic E-state index is -0.423. The van der Waals surface area contributed by atoms with Crippen LogP contribution in [0.4, 0.5) is 5.69 Å². The van der Waals surface area contributed by atoms with Gasteiger partial charge in [0.15, 0.2) is 0 Å². The number of aromatic nitrogens is 1. The highest BCUT2D eigenvalue weighted by Crippen LogP contribution is 2.37. The van der Waals surface area contributed by atoms with Gasteiger partial charge in [0.25, 0.3) is 0 Å². The van der Waals surface area contributed by atoms with Crippen LogP contribution in [-0.4, -0.2) is 16.6 Å². The molecule has 3 rings (SSSR count). The van der Waals surface area contributed by atoms with Gasteiger partial charge in [-0.05, 0) is 17.7 Å². The summed E-state index contributed by atoms with van der Waals surface area (Å²) in [6.07, 6.45) is 1.89. The Morgan fingerprint density at radius 3 is 3.00 bits per heavy atom. The van der Waals surface area contributed by atoms with Crippen molar-refractivity contribution in [1.82, 2.24) is 4.73 Å². The zero-order valence-corrected chi connectivity index (χ0v) is 10.2. The Hall–Kier alpha value is -2.01. The number of halogens is 1. The molecule has 1 amide bonds. The summed E-state index contributed by atoms with van der Waals surface area (Å²) in [7, 11) is 0. The average Bonchev–Trinajstić information content (AvgIpc) is 2.61. The normalized spacial score (nSPS) is 13.6. The fraction of sp³-hybridized carbons (Fsp3) is 0.167. The molecule has 0 spiro atoms. The molecule has 92 valence electrons. The summed E-state index contributed by atoms with van der Waals surface area (Å²) in [5.41, 5.74) is 2.08. The van der Waals surface area contributed by atoms with Gasteiger partial charge in [-0.1, -0.05) is 11.6 Å². The summed E-state index contributed by atoms with van der Waals surface area (Å²) in [6, 6.07) is 3.42. The van der Waals surface area contributed by atoms with Crippen LogP contribution >= 0.6 is 11.6 Å². The van der Waals surface area contributed by atoms with E-state index in [9.17, 15) is 9.59 Å². The van der Waals surface area contributed by atoms with Gasteiger partial charge in [-0.25, -0.2) is 4.79 Å². The monoisotopic (exact) mass is 264 g/mol. The number of hydrogen-bond donors (Lipinski definition) is 1. The lowest BCUT2D eigenvalue weighted by Crippen LogP contribution is -2.18. The van der Waals surface area contributed by atoms with E-state index < -0.39 is 5.97 Å². The van der Waals surface area contributed by atoms with E-state index in [0.717, 1.165) is 10.9 Å². The third-order valence-electron chi connectivity index (χ3n) is 2.81. The van der Waals surface area contributed by atoms with E-state index in [1.165, 1.54) is 11.7 Å². The van der Waals surface area contributed by atoms with Crippen LogP contribution in [0.3, 0.4) is 0 Å². The zero-order chi connectivity index (χ0) is 12.9. The van der Waals surface area contributed by atoms with E-state index in [1.807, 2.05) is 0 Å². The Bertz CT molecular complexity index is 690. The van der Waals surface area contributed by atoms with Crippen molar-refractivity contribution in [3.8, 4) is 0 Å². The highest BCUT2D eigenvalue weighted by molar-refractivity contribution is 6.36. The standard InChI is InChI=1S/C12H9ClN2O3/c1-6(16)18-15-5-7-4-10(17)14-12-8(13)2-3-9(15)11(7)12/h2-3,5H,4H2,1H3,(H,14,17). The second kappa shape index (κ2) is 3.74. The molecule has 0 saturated carbocycles. The number of anilines is 1. The average molecular weight is 265 g/mol. The van der Waals surface area contributed by atoms with Gasteiger partial charge >= 0.3 is 5.97 Å². The maximum atomic E-state index is 11.6. The van der Waals surface area contributed by atoms with Crippen LogP contribution in [0.15, 0.2) is 18.3 Å². The molecule has 0 atom stereocenters. The fourth-order valence-electron chi connectivity index (χ4n) is 2.18. The van der Waals surface area contributed by atoms with Gasteiger partial charge in [0.1, 0.15) is 0 Å². The second-order valence-electron chi connectivity index (χ2n) is 4.10. The van der Waals surface area contributed by atoms with E-state index in [0.29, 0.717) is 16.2 Å². The molecule has 1 aliphatic rings. The summed E-state index contributed by atoms with van der Waals surface area (Å²) in [4.78, 5) is 27.7. The zero-order valence-electron chi connectivity index (χ0n) is 9.49. The van der Waals surface area contributed by atoms with E-state index in [4.69, 9.17) is 16.4 Å². The molecule has 1 aromatic heterocycles. The van der Waals surface area contributed by atoms with Crippen LogP contribution in [-0.2, 0) is 16.0 Å². The van der Waals surface area contributed by atoms with E-state index in [2.05, 4.69) is 5.32 Å². The molecule has 0 saturated heterocycles. The number of rotatable bonds is 1. The molecule has 0 bridgehead atoms. The van der Waals surface area contributed by atoms with Gasteiger partial charge in [-0.2, -0.15) is 4.73 Å². The second-order valence-corrected chi connectivity index (χ2v) is 4.51. The lowest BCUT2D eigenvalue weighted by Gasteiger charge is -2.14. The Labute approximate surface area is 107 Å². The molecule has 6 heteroatoms. The maximum Gasteiger partial charge on any atom is 0.329 e. The highest BCUT2D eigenvalue weighted by Gasteiger charge is 2.23. The van der Waals surface area contributed by atoms with Crippen molar-refractivity contribution in [1.29, 1.82) is 0 Å². The third kappa shape index (κ3) is 1.55. The number of amides is 1. The highest BCUT2D eigenvalue weighted by atomic mass is 35.5. The largest absolute Gasteiger partial charge is 0.337 e. The summed E-state index contributed by atoms with van der Waals surface area (Å²) in [5, 5.41) is 4.03. The van der Waals surface area contributed by atoms with Crippen LogP contribution in [0, 0.1) is 0 Å². The van der Waals surface area contributed by atoms with Gasteiger partial charge < -0.3 is 10.2 Å². The fourth-order valence-corrected chi connectivity index (χ4v) is 2.38. The number of hydrogen-bond acceptors (Lipinski definition) is 3. The van der Waals surface area contributed by atoms with Crippen molar-refractivity contribution in [2.24, 2.45) is 0 Å². The summed E-state index contributed by atoms with van der Waals surface area (Å²) >= 11 is 6.06. The predicted molar refractivity (Wildman–Crippen MR) is 66.5 cm³/mol.